The van der Waals surface area contributed by atoms with Gasteiger partial charge in [-0.25, -0.2) is 4.98 Å². The summed E-state index contributed by atoms with van der Waals surface area (Å²) in [6.07, 6.45) is 4.17. The number of ether oxygens (including phenoxy) is 2. The molecule has 0 spiro atoms. The molecule has 21 heavy (non-hydrogen) atoms. The van der Waals surface area contributed by atoms with Crippen molar-refractivity contribution in [2.45, 2.75) is 19.1 Å². The summed E-state index contributed by atoms with van der Waals surface area (Å²) in [4.78, 5) is 11.2. The summed E-state index contributed by atoms with van der Waals surface area (Å²) in [6.45, 7) is 2.11. The molecule has 3 heterocycles. The second-order valence-corrected chi connectivity index (χ2v) is 5.37. The molecule has 1 unspecified atom stereocenters. The van der Waals surface area contributed by atoms with Gasteiger partial charge in [0, 0.05) is 24.8 Å². The molecule has 0 amide bonds. The zero-order valence-corrected chi connectivity index (χ0v) is 12.0. The van der Waals surface area contributed by atoms with Gasteiger partial charge in [-0.1, -0.05) is 12.1 Å². The second kappa shape index (κ2) is 5.00. The molecule has 0 N–H and O–H groups in total. The first-order valence-electron chi connectivity index (χ1n) is 7.28. The zero-order valence-electron chi connectivity index (χ0n) is 12.0. The molecule has 0 aliphatic carbocycles. The fourth-order valence-electron chi connectivity index (χ4n) is 3.07. The van der Waals surface area contributed by atoms with E-state index in [9.17, 15) is 0 Å². The summed E-state index contributed by atoms with van der Waals surface area (Å²) in [5.41, 5.74) is 2.95. The SMILES string of the molecule is COc1ncc2c(n1)-c1ccccc1OC2N1CCCC1. The average Bonchev–Trinajstić information content (AvgIpc) is 3.08. The quantitative estimate of drug-likeness (QED) is 0.848. The molecule has 1 fully saturated rings. The van der Waals surface area contributed by atoms with Crippen molar-refractivity contribution in [1.82, 2.24) is 14.9 Å². The van der Waals surface area contributed by atoms with Gasteiger partial charge in [0.15, 0.2) is 6.23 Å². The number of hydrogen-bond acceptors (Lipinski definition) is 5. The van der Waals surface area contributed by atoms with Gasteiger partial charge in [-0.3, -0.25) is 4.90 Å². The Kier molecular flexibility index (Phi) is 3.00. The van der Waals surface area contributed by atoms with E-state index in [1.165, 1.54) is 12.8 Å². The normalized spacial score (nSPS) is 20.5. The molecular formula is C16H17N3O2. The zero-order chi connectivity index (χ0) is 14.2. The molecule has 5 nitrogen and oxygen atoms in total. The lowest BCUT2D eigenvalue weighted by Crippen LogP contribution is -2.32. The van der Waals surface area contributed by atoms with Crippen LogP contribution < -0.4 is 9.47 Å². The van der Waals surface area contributed by atoms with Gasteiger partial charge in [0.1, 0.15) is 5.75 Å². The minimum absolute atomic E-state index is 0.0942. The maximum atomic E-state index is 6.22. The summed E-state index contributed by atoms with van der Waals surface area (Å²) in [6, 6.07) is 8.40. The molecule has 2 aliphatic rings. The maximum absolute atomic E-state index is 6.22. The van der Waals surface area contributed by atoms with Crippen LogP contribution in [0.5, 0.6) is 11.8 Å². The van der Waals surface area contributed by atoms with Gasteiger partial charge in [0.05, 0.1) is 18.4 Å². The summed E-state index contributed by atoms with van der Waals surface area (Å²) in [7, 11) is 1.59. The minimum atomic E-state index is -0.0942. The molecule has 0 bridgehead atoms. The molecule has 0 saturated carbocycles. The van der Waals surface area contributed by atoms with Crippen LogP contribution in [0.4, 0.5) is 0 Å². The fraction of sp³-hybridized carbons (Fsp3) is 0.375. The minimum Gasteiger partial charge on any atom is -0.470 e. The van der Waals surface area contributed by atoms with Gasteiger partial charge in [0.2, 0.25) is 0 Å². The lowest BCUT2D eigenvalue weighted by molar-refractivity contribution is 0.0392. The van der Waals surface area contributed by atoms with Crippen LogP contribution in [-0.4, -0.2) is 35.1 Å². The van der Waals surface area contributed by atoms with Crippen LogP contribution in [0.1, 0.15) is 24.6 Å². The summed E-state index contributed by atoms with van der Waals surface area (Å²) >= 11 is 0. The van der Waals surface area contributed by atoms with E-state index in [4.69, 9.17) is 9.47 Å². The predicted octanol–water partition coefficient (Wildman–Crippen LogP) is 2.64. The van der Waals surface area contributed by atoms with E-state index in [1.54, 1.807) is 7.11 Å². The van der Waals surface area contributed by atoms with Gasteiger partial charge < -0.3 is 9.47 Å². The van der Waals surface area contributed by atoms with Crippen LogP contribution in [0, 0.1) is 0 Å². The van der Waals surface area contributed by atoms with Gasteiger partial charge in [0.25, 0.3) is 0 Å². The molecular weight excluding hydrogens is 266 g/mol. The Balaban J connectivity index is 1.86. The van der Waals surface area contributed by atoms with E-state index in [0.29, 0.717) is 6.01 Å². The highest BCUT2D eigenvalue weighted by molar-refractivity contribution is 5.72. The Hall–Kier alpha value is -2.14. The maximum Gasteiger partial charge on any atom is 0.316 e. The molecule has 2 aromatic rings. The average molecular weight is 283 g/mol. The molecule has 1 saturated heterocycles. The molecule has 108 valence electrons. The number of hydrogen-bond donors (Lipinski definition) is 0. The third kappa shape index (κ3) is 2.05. The first kappa shape index (κ1) is 12.6. The van der Waals surface area contributed by atoms with Crippen molar-refractivity contribution in [3.05, 3.63) is 36.0 Å². The Morgan fingerprint density at radius 2 is 2.05 bits per heavy atom. The Labute approximate surface area is 123 Å². The molecule has 2 aliphatic heterocycles. The third-order valence-corrected chi connectivity index (χ3v) is 4.10. The summed E-state index contributed by atoms with van der Waals surface area (Å²) in [5, 5.41) is 0. The van der Waals surface area contributed by atoms with Crippen molar-refractivity contribution in [3.63, 3.8) is 0 Å². The van der Waals surface area contributed by atoms with E-state index in [-0.39, 0.29) is 6.23 Å². The predicted molar refractivity (Wildman–Crippen MR) is 78.2 cm³/mol. The van der Waals surface area contributed by atoms with Crippen molar-refractivity contribution in [3.8, 4) is 23.0 Å². The van der Waals surface area contributed by atoms with E-state index in [1.807, 2.05) is 30.5 Å². The van der Waals surface area contributed by atoms with E-state index >= 15 is 0 Å². The highest BCUT2D eigenvalue weighted by atomic mass is 16.5. The van der Waals surface area contributed by atoms with Crippen molar-refractivity contribution in [2.75, 3.05) is 20.2 Å². The summed E-state index contributed by atoms with van der Waals surface area (Å²) < 4.78 is 11.4. The fourth-order valence-corrected chi connectivity index (χ4v) is 3.07. The van der Waals surface area contributed by atoms with Crippen LogP contribution >= 0.6 is 0 Å². The van der Waals surface area contributed by atoms with E-state index < -0.39 is 0 Å². The first-order valence-corrected chi connectivity index (χ1v) is 7.28. The monoisotopic (exact) mass is 283 g/mol. The Bertz CT molecular complexity index is 668. The number of para-hydroxylation sites is 1. The lowest BCUT2D eigenvalue weighted by Gasteiger charge is -2.33. The van der Waals surface area contributed by atoms with Crippen LogP contribution in [-0.2, 0) is 0 Å². The molecule has 5 heteroatoms. The Morgan fingerprint density at radius 3 is 2.86 bits per heavy atom. The molecule has 1 aromatic carbocycles. The van der Waals surface area contributed by atoms with Gasteiger partial charge >= 0.3 is 6.01 Å². The van der Waals surface area contributed by atoms with Crippen LogP contribution in [0.2, 0.25) is 0 Å². The van der Waals surface area contributed by atoms with Crippen LogP contribution in [0.15, 0.2) is 30.5 Å². The number of fused-ring (bicyclic) bond motifs is 3. The van der Waals surface area contributed by atoms with Crippen LogP contribution in [0.3, 0.4) is 0 Å². The Morgan fingerprint density at radius 1 is 1.24 bits per heavy atom. The molecule has 4 rings (SSSR count). The van der Waals surface area contributed by atoms with E-state index in [0.717, 1.165) is 35.7 Å². The number of nitrogens with zero attached hydrogens (tertiary/aromatic N) is 3. The van der Waals surface area contributed by atoms with Crippen molar-refractivity contribution in [1.29, 1.82) is 0 Å². The standard InChI is InChI=1S/C16H17N3O2/c1-20-16-17-10-12-14(18-16)11-6-2-3-7-13(11)21-15(12)19-8-4-5-9-19/h2-3,6-7,10,15H,4-5,8-9H2,1H3. The van der Waals surface area contributed by atoms with Gasteiger partial charge in [-0.15, -0.1) is 0 Å². The van der Waals surface area contributed by atoms with Gasteiger partial charge in [-0.05, 0) is 25.0 Å². The molecule has 1 atom stereocenters. The highest BCUT2D eigenvalue weighted by Crippen LogP contribution is 2.43. The van der Waals surface area contributed by atoms with Crippen molar-refractivity contribution >= 4 is 0 Å². The molecule has 1 aromatic heterocycles. The first-order chi connectivity index (χ1) is 10.4. The third-order valence-electron chi connectivity index (χ3n) is 4.10. The largest absolute Gasteiger partial charge is 0.470 e. The number of aromatic nitrogens is 2. The molecule has 0 radical (unpaired) electrons. The van der Waals surface area contributed by atoms with Gasteiger partial charge in [-0.2, -0.15) is 4.98 Å². The number of benzene rings is 1. The topological polar surface area (TPSA) is 47.5 Å². The van der Waals surface area contributed by atoms with Crippen molar-refractivity contribution in [2.24, 2.45) is 0 Å². The number of likely N-dealkylation sites (tertiary alicyclic amines) is 1. The smallest absolute Gasteiger partial charge is 0.316 e. The highest BCUT2D eigenvalue weighted by Gasteiger charge is 2.33. The number of rotatable bonds is 2. The van der Waals surface area contributed by atoms with Crippen LogP contribution in [0.25, 0.3) is 11.3 Å². The van der Waals surface area contributed by atoms with Crippen molar-refractivity contribution < 1.29 is 9.47 Å². The summed E-state index contributed by atoms with van der Waals surface area (Å²) in [5.74, 6) is 0.877. The van der Waals surface area contributed by atoms with E-state index in [2.05, 4.69) is 14.9 Å². The lowest BCUT2D eigenvalue weighted by atomic mass is 10.0. The number of methoxy groups -OCH3 is 1. The second-order valence-electron chi connectivity index (χ2n) is 5.37.